The van der Waals surface area contributed by atoms with Crippen molar-refractivity contribution in [2.75, 3.05) is 27.4 Å². The van der Waals surface area contributed by atoms with Crippen LogP contribution in [0.25, 0.3) is 0 Å². The standard InChI is InChI=1S/C20H27NO5/c1-24-16-10-15(11-17(12-16)25-2)20(23)26-13-19(22)21-9-5-7-14-6-3-4-8-18(14)21/h10-12,14,18H,3-9,13H2,1-2H3/t14-,18-/m0/s1. The van der Waals surface area contributed by atoms with E-state index in [4.69, 9.17) is 14.2 Å². The Bertz CT molecular complexity index is 635. The van der Waals surface area contributed by atoms with E-state index in [9.17, 15) is 9.59 Å². The van der Waals surface area contributed by atoms with Crippen molar-refractivity contribution in [3.63, 3.8) is 0 Å². The Balaban J connectivity index is 1.61. The lowest BCUT2D eigenvalue weighted by Crippen LogP contribution is -2.50. The van der Waals surface area contributed by atoms with Crippen molar-refractivity contribution in [2.24, 2.45) is 5.92 Å². The molecule has 1 aliphatic carbocycles. The van der Waals surface area contributed by atoms with Crippen LogP contribution in [0.5, 0.6) is 11.5 Å². The average molecular weight is 361 g/mol. The molecule has 1 saturated carbocycles. The minimum atomic E-state index is -0.548. The van der Waals surface area contributed by atoms with E-state index in [2.05, 4.69) is 0 Å². The highest BCUT2D eigenvalue weighted by atomic mass is 16.5. The first kappa shape index (κ1) is 18.5. The quantitative estimate of drug-likeness (QED) is 0.754. The first-order chi connectivity index (χ1) is 12.6. The zero-order valence-electron chi connectivity index (χ0n) is 15.5. The summed E-state index contributed by atoms with van der Waals surface area (Å²) in [5.41, 5.74) is 0.309. The van der Waals surface area contributed by atoms with Gasteiger partial charge in [0.15, 0.2) is 6.61 Å². The van der Waals surface area contributed by atoms with E-state index in [0.29, 0.717) is 29.0 Å². The number of esters is 1. The molecular formula is C20H27NO5. The Kier molecular flexibility index (Phi) is 6.01. The highest BCUT2D eigenvalue weighted by Gasteiger charge is 2.35. The molecule has 1 aromatic carbocycles. The molecule has 1 heterocycles. The third-order valence-electron chi connectivity index (χ3n) is 5.48. The summed E-state index contributed by atoms with van der Waals surface area (Å²) in [7, 11) is 3.04. The highest BCUT2D eigenvalue weighted by Crippen LogP contribution is 2.35. The number of amides is 1. The van der Waals surface area contributed by atoms with Gasteiger partial charge in [-0.05, 0) is 43.7 Å². The van der Waals surface area contributed by atoms with Gasteiger partial charge in [0, 0.05) is 18.7 Å². The molecule has 3 rings (SSSR count). The Labute approximate surface area is 154 Å². The normalized spacial score (nSPS) is 22.3. The van der Waals surface area contributed by atoms with E-state index >= 15 is 0 Å². The van der Waals surface area contributed by atoms with E-state index < -0.39 is 5.97 Å². The molecule has 1 saturated heterocycles. The molecule has 26 heavy (non-hydrogen) atoms. The van der Waals surface area contributed by atoms with Crippen LogP contribution in [0, 0.1) is 5.92 Å². The lowest BCUT2D eigenvalue weighted by molar-refractivity contribution is -0.140. The lowest BCUT2D eigenvalue weighted by Gasteiger charge is -2.44. The zero-order chi connectivity index (χ0) is 18.5. The van der Waals surface area contributed by atoms with Crippen LogP contribution < -0.4 is 9.47 Å². The van der Waals surface area contributed by atoms with Crippen LogP contribution >= 0.6 is 0 Å². The maximum absolute atomic E-state index is 12.6. The number of fused-ring (bicyclic) bond motifs is 1. The van der Waals surface area contributed by atoms with Gasteiger partial charge in [-0.3, -0.25) is 4.79 Å². The maximum Gasteiger partial charge on any atom is 0.338 e. The molecule has 0 N–H and O–H groups in total. The van der Waals surface area contributed by atoms with Gasteiger partial charge in [-0.2, -0.15) is 0 Å². The molecule has 0 bridgehead atoms. The summed E-state index contributed by atoms with van der Waals surface area (Å²) in [6.07, 6.45) is 6.95. The lowest BCUT2D eigenvalue weighted by atomic mass is 9.78. The van der Waals surface area contributed by atoms with E-state index in [1.54, 1.807) is 18.2 Å². The minimum Gasteiger partial charge on any atom is -0.497 e. The van der Waals surface area contributed by atoms with Crippen LogP contribution in [-0.4, -0.2) is 50.2 Å². The zero-order valence-corrected chi connectivity index (χ0v) is 15.5. The van der Waals surface area contributed by atoms with E-state index in [0.717, 1.165) is 19.4 Å². The molecule has 1 amide bonds. The number of likely N-dealkylation sites (tertiary alicyclic amines) is 1. The summed E-state index contributed by atoms with van der Waals surface area (Å²) in [6, 6.07) is 5.15. The van der Waals surface area contributed by atoms with Crippen LogP contribution in [0.4, 0.5) is 0 Å². The predicted octanol–water partition coefficient (Wildman–Crippen LogP) is 3.04. The smallest absolute Gasteiger partial charge is 0.338 e. The maximum atomic E-state index is 12.6. The first-order valence-electron chi connectivity index (χ1n) is 9.32. The van der Waals surface area contributed by atoms with Gasteiger partial charge in [0.2, 0.25) is 0 Å². The van der Waals surface area contributed by atoms with Gasteiger partial charge in [0.05, 0.1) is 19.8 Å². The number of rotatable bonds is 5. The van der Waals surface area contributed by atoms with E-state index in [-0.39, 0.29) is 12.5 Å². The van der Waals surface area contributed by atoms with Crippen molar-refractivity contribution in [3.05, 3.63) is 23.8 Å². The fraction of sp³-hybridized carbons (Fsp3) is 0.600. The molecule has 0 aromatic heterocycles. The fourth-order valence-electron chi connectivity index (χ4n) is 4.15. The van der Waals surface area contributed by atoms with E-state index in [1.807, 2.05) is 4.90 Å². The largest absolute Gasteiger partial charge is 0.497 e. The van der Waals surface area contributed by atoms with Crippen LogP contribution in [0.15, 0.2) is 18.2 Å². The van der Waals surface area contributed by atoms with Crippen molar-refractivity contribution >= 4 is 11.9 Å². The van der Waals surface area contributed by atoms with Gasteiger partial charge in [-0.1, -0.05) is 12.8 Å². The molecule has 2 fully saturated rings. The van der Waals surface area contributed by atoms with E-state index in [1.165, 1.54) is 39.9 Å². The van der Waals surface area contributed by atoms with Gasteiger partial charge in [0.25, 0.3) is 5.91 Å². The number of piperidine rings is 1. The van der Waals surface area contributed by atoms with Crippen molar-refractivity contribution in [3.8, 4) is 11.5 Å². The molecule has 6 heteroatoms. The molecule has 6 nitrogen and oxygen atoms in total. The summed E-state index contributed by atoms with van der Waals surface area (Å²) in [4.78, 5) is 26.9. The van der Waals surface area contributed by atoms with Crippen LogP contribution in [0.2, 0.25) is 0 Å². The summed E-state index contributed by atoms with van der Waals surface area (Å²) in [5, 5.41) is 0. The molecule has 0 spiro atoms. The van der Waals surface area contributed by atoms with Crippen LogP contribution in [0.1, 0.15) is 48.9 Å². The second-order valence-corrected chi connectivity index (χ2v) is 7.02. The number of carbonyl (C=O) groups excluding carboxylic acids is 2. The first-order valence-corrected chi connectivity index (χ1v) is 9.32. The molecule has 142 valence electrons. The Morgan fingerprint density at radius 3 is 2.35 bits per heavy atom. The van der Waals surface area contributed by atoms with Crippen LogP contribution in [0.3, 0.4) is 0 Å². The summed E-state index contributed by atoms with van der Waals surface area (Å²) >= 11 is 0. The Morgan fingerprint density at radius 2 is 1.65 bits per heavy atom. The van der Waals surface area contributed by atoms with Crippen molar-refractivity contribution in [1.82, 2.24) is 4.90 Å². The number of methoxy groups -OCH3 is 2. The second-order valence-electron chi connectivity index (χ2n) is 7.02. The van der Waals surface area contributed by atoms with Gasteiger partial charge in [-0.25, -0.2) is 4.79 Å². The van der Waals surface area contributed by atoms with Gasteiger partial charge >= 0.3 is 5.97 Å². The Morgan fingerprint density at radius 1 is 1.00 bits per heavy atom. The molecule has 2 atom stereocenters. The predicted molar refractivity (Wildman–Crippen MR) is 96.5 cm³/mol. The topological polar surface area (TPSA) is 65.1 Å². The van der Waals surface area contributed by atoms with Gasteiger partial charge < -0.3 is 19.1 Å². The SMILES string of the molecule is COc1cc(OC)cc(C(=O)OCC(=O)N2CCC[C@@H]3CCCC[C@@H]32)c1. The molecule has 1 aromatic rings. The molecule has 1 aliphatic heterocycles. The summed E-state index contributed by atoms with van der Waals surface area (Å²) < 4.78 is 15.6. The molecular weight excluding hydrogens is 334 g/mol. The Hall–Kier alpha value is -2.24. The average Bonchev–Trinajstić information content (AvgIpc) is 2.70. The van der Waals surface area contributed by atoms with Crippen molar-refractivity contribution < 1.29 is 23.8 Å². The monoisotopic (exact) mass is 361 g/mol. The van der Waals surface area contributed by atoms with Crippen molar-refractivity contribution in [1.29, 1.82) is 0 Å². The third-order valence-corrected chi connectivity index (χ3v) is 5.48. The fourth-order valence-corrected chi connectivity index (χ4v) is 4.15. The summed E-state index contributed by atoms with van der Waals surface area (Å²) in [5.74, 6) is 0.977. The number of hydrogen-bond acceptors (Lipinski definition) is 5. The highest BCUT2D eigenvalue weighted by molar-refractivity contribution is 5.92. The number of carbonyl (C=O) groups is 2. The van der Waals surface area contributed by atoms with Crippen LogP contribution in [-0.2, 0) is 9.53 Å². The molecule has 0 unspecified atom stereocenters. The number of hydrogen-bond donors (Lipinski definition) is 0. The minimum absolute atomic E-state index is 0.0928. The summed E-state index contributed by atoms with van der Waals surface area (Å²) in [6.45, 7) is 0.548. The number of ether oxygens (including phenoxy) is 3. The van der Waals surface area contributed by atoms with Crippen molar-refractivity contribution in [2.45, 2.75) is 44.6 Å². The third kappa shape index (κ3) is 4.11. The number of nitrogens with zero attached hydrogens (tertiary/aromatic N) is 1. The second kappa shape index (κ2) is 8.43. The van der Waals surface area contributed by atoms with Gasteiger partial charge in [-0.15, -0.1) is 0 Å². The van der Waals surface area contributed by atoms with Gasteiger partial charge in [0.1, 0.15) is 11.5 Å². The molecule has 2 aliphatic rings. The molecule has 0 radical (unpaired) electrons. The number of benzene rings is 1.